The van der Waals surface area contributed by atoms with Crippen molar-refractivity contribution in [3.8, 4) is 0 Å². The van der Waals surface area contributed by atoms with Gasteiger partial charge in [0.25, 0.3) is 0 Å². The SMILES string of the molecule is CC(CO)N1CN(C)C(=O)N(C)C1. The van der Waals surface area contributed by atoms with Crippen LogP contribution in [0.25, 0.3) is 0 Å². The van der Waals surface area contributed by atoms with E-state index in [0.717, 1.165) is 0 Å². The Morgan fingerprint density at radius 1 is 1.38 bits per heavy atom. The molecule has 0 aromatic rings. The second-order valence-electron chi connectivity index (χ2n) is 3.58. The molecule has 1 heterocycles. The maximum Gasteiger partial charge on any atom is 0.321 e. The van der Waals surface area contributed by atoms with Gasteiger partial charge in [-0.3, -0.25) is 4.90 Å². The van der Waals surface area contributed by atoms with E-state index in [2.05, 4.69) is 0 Å². The van der Waals surface area contributed by atoms with Crippen LogP contribution in [0.15, 0.2) is 0 Å². The number of hydrogen-bond acceptors (Lipinski definition) is 3. The highest BCUT2D eigenvalue weighted by Gasteiger charge is 2.27. The van der Waals surface area contributed by atoms with Crippen molar-refractivity contribution >= 4 is 6.03 Å². The van der Waals surface area contributed by atoms with Gasteiger partial charge in [0.15, 0.2) is 0 Å². The zero-order valence-corrected chi connectivity index (χ0v) is 8.40. The van der Waals surface area contributed by atoms with Crippen molar-refractivity contribution in [1.29, 1.82) is 0 Å². The van der Waals surface area contributed by atoms with Crippen molar-refractivity contribution in [2.45, 2.75) is 13.0 Å². The summed E-state index contributed by atoms with van der Waals surface area (Å²) in [5, 5.41) is 8.96. The molecule has 1 aliphatic heterocycles. The Kier molecular flexibility index (Phi) is 3.11. The fourth-order valence-corrected chi connectivity index (χ4v) is 1.40. The quantitative estimate of drug-likeness (QED) is 0.639. The highest BCUT2D eigenvalue weighted by molar-refractivity contribution is 5.74. The maximum absolute atomic E-state index is 11.3. The van der Waals surface area contributed by atoms with Gasteiger partial charge >= 0.3 is 6.03 Å². The number of aliphatic hydroxyl groups is 1. The highest BCUT2D eigenvalue weighted by Crippen LogP contribution is 2.09. The molecule has 1 rings (SSSR count). The molecular weight excluding hydrogens is 170 g/mol. The van der Waals surface area contributed by atoms with Gasteiger partial charge in [-0.25, -0.2) is 4.79 Å². The van der Waals surface area contributed by atoms with Gasteiger partial charge in [-0.05, 0) is 6.92 Å². The number of urea groups is 1. The van der Waals surface area contributed by atoms with Gasteiger partial charge in [0.1, 0.15) is 0 Å². The second-order valence-corrected chi connectivity index (χ2v) is 3.58. The lowest BCUT2D eigenvalue weighted by Gasteiger charge is -2.41. The number of nitrogens with zero attached hydrogens (tertiary/aromatic N) is 3. The molecule has 5 nitrogen and oxygen atoms in total. The summed E-state index contributed by atoms with van der Waals surface area (Å²) in [5.41, 5.74) is 0. The molecule has 0 aromatic carbocycles. The summed E-state index contributed by atoms with van der Waals surface area (Å²) in [5.74, 6) is 0. The van der Waals surface area contributed by atoms with Crippen molar-refractivity contribution in [3.63, 3.8) is 0 Å². The lowest BCUT2D eigenvalue weighted by atomic mass is 10.3. The summed E-state index contributed by atoms with van der Waals surface area (Å²) in [6.45, 7) is 3.24. The number of amides is 2. The van der Waals surface area contributed by atoms with Crippen LogP contribution in [0.3, 0.4) is 0 Å². The van der Waals surface area contributed by atoms with Gasteiger partial charge < -0.3 is 14.9 Å². The van der Waals surface area contributed by atoms with E-state index in [0.29, 0.717) is 13.3 Å². The number of aliphatic hydroxyl groups excluding tert-OH is 1. The molecule has 76 valence electrons. The van der Waals surface area contributed by atoms with Crippen LogP contribution in [0.1, 0.15) is 6.92 Å². The van der Waals surface area contributed by atoms with Crippen molar-refractivity contribution in [2.24, 2.45) is 0 Å². The third kappa shape index (κ3) is 2.10. The lowest BCUT2D eigenvalue weighted by Crippen LogP contribution is -2.58. The highest BCUT2D eigenvalue weighted by atomic mass is 16.3. The molecule has 5 heteroatoms. The van der Waals surface area contributed by atoms with E-state index in [4.69, 9.17) is 5.11 Å². The van der Waals surface area contributed by atoms with Crippen molar-refractivity contribution < 1.29 is 9.90 Å². The average Bonchev–Trinajstić information content (AvgIpc) is 2.12. The topological polar surface area (TPSA) is 47.0 Å². The Bertz CT molecular complexity index is 184. The minimum Gasteiger partial charge on any atom is -0.395 e. The van der Waals surface area contributed by atoms with E-state index in [1.807, 2.05) is 11.8 Å². The number of hydrogen-bond donors (Lipinski definition) is 1. The average molecular weight is 187 g/mol. The lowest BCUT2D eigenvalue weighted by molar-refractivity contribution is 0.0157. The number of carbonyl (C=O) groups excluding carboxylic acids is 1. The molecule has 1 atom stereocenters. The van der Waals surface area contributed by atoms with Gasteiger partial charge in [0.05, 0.1) is 19.9 Å². The van der Waals surface area contributed by atoms with E-state index < -0.39 is 0 Å². The van der Waals surface area contributed by atoms with Crippen LogP contribution in [-0.2, 0) is 0 Å². The Morgan fingerprint density at radius 2 is 1.85 bits per heavy atom. The van der Waals surface area contributed by atoms with Crippen LogP contribution in [0, 0.1) is 0 Å². The first kappa shape index (κ1) is 10.3. The number of rotatable bonds is 2. The zero-order chi connectivity index (χ0) is 10.0. The molecule has 2 amide bonds. The van der Waals surface area contributed by atoms with Crippen molar-refractivity contribution in [3.05, 3.63) is 0 Å². The summed E-state index contributed by atoms with van der Waals surface area (Å²) in [4.78, 5) is 16.7. The maximum atomic E-state index is 11.3. The Labute approximate surface area is 78.5 Å². The van der Waals surface area contributed by atoms with E-state index in [9.17, 15) is 4.79 Å². The third-order valence-electron chi connectivity index (χ3n) is 2.33. The minimum atomic E-state index is 0.0291. The van der Waals surface area contributed by atoms with Crippen LogP contribution in [-0.4, -0.2) is 65.9 Å². The van der Waals surface area contributed by atoms with Crippen LogP contribution < -0.4 is 0 Å². The largest absolute Gasteiger partial charge is 0.395 e. The number of carbonyl (C=O) groups is 1. The van der Waals surface area contributed by atoms with E-state index in [-0.39, 0.29) is 18.7 Å². The molecule has 0 bridgehead atoms. The third-order valence-corrected chi connectivity index (χ3v) is 2.33. The standard InChI is InChI=1S/C8H17N3O2/c1-7(4-12)11-5-9(2)8(13)10(3)6-11/h7,12H,4-6H2,1-3H3. The molecule has 1 fully saturated rings. The van der Waals surface area contributed by atoms with Gasteiger partial charge in [0, 0.05) is 20.1 Å². The predicted octanol–water partition coefficient (Wildman–Crippen LogP) is -0.419. The Morgan fingerprint density at radius 3 is 2.23 bits per heavy atom. The van der Waals surface area contributed by atoms with E-state index in [1.165, 1.54) is 0 Å². The van der Waals surface area contributed by atoms with E-state index >= 15 is 0 Å². The first-order chi connectivity index (χ1) is 6.06. The first-order valence-electron chi connectivity index (χ1n) is 4.37. The predicted molar refractivity (Wildman–Crippen MR) is 49.0 cm³/mol. The summed E-state index contributed by atoms with van der Waals surface area (Å²) < 4.78 is 0. The molecule has 1 unspecified atom stereocenters. The molecule has 13 heavy (non-hydrogen) atoms. The molecule has 1 aliphatic rings. The molecular formula is C8H17N3O2. The fourth-order valence-electron chi connectivity index (χ4n) is 1.40. The first-order valence-corrected chi connectivity index (χ1v) is 4.37. The molecule has 1 N–H and O–H groups in total. The molecule has 0 aliphatic carbocycles. The summed E-state index contributed by atoms with van der Waals surface area (Å²) in [6, 6.07) is 0.124. The smallest absolute Gasteiger partial charge is 0.321 e. The van der Waals surface area contributed by atoms with Crippen LogP contribution in [0.2, 0.25) is 0 Å². The molecule has 1 saturated heterocycles. The fraction of sp³-hybridized carbons (Fsp3) is 0.875. The van der Waals surface area contributed by atoms with Crippen LogP contribution in [0.4, 0.5) is 4.79 Å². The monoisotopic (exact) mass is 187 g/mol. The van der Waals surface area contributed by atoms with Crippen LogP contribution in [0.5, 0.6) is 0 Å². The Balaban J connectivity index is 2.58. The molecule has 0 aromatic heterocycles. The normalized spacial score (nSPS) is 22.3. The van der Waals surface area contributed by atoms with Gasteiger partial charge in [-0.2, -0.15) is 0 Å². The van der Waals surface area contributed by atoms with Crippen molar-refractivity contribution in [1.82, 2.24) is 14.7 Å². The van der Waals surface area contributed by atoms with Gasteiger partial charge in [-0.15, -0.1) is 0 Å². The Hall–Kier alpha value is -0.810. The second kappa shape index (κ2) is 3.93. The van der Waals surface area contributed by atoms with Gasteiger partial charge in [-0.1, -0.05) is 0 Å². The molecule has 0 saturated carbocycles. The summed E-state index contributed by atoms with van der Waals surface area (Å²) >= 11 is 0. The molecule has 0 radical (unpaired) electrons. The van der Waals surface area contributed by atoms with E-state index in [1.54, 1.807) is 23.9 Å². The van der Waals surface area contributed by atoms with Crippen molar-refractivity contribution in [2.75, 3.05) is 34.0 Å². The van der Waals surface area contributed by atoms with Crippen LogP contribution >= 0.6 is 0 Å². The summed E-state index contributed by atoms with van der Waals surface area (Å²) in [7, 11) is 3.52. The van der Waals surface area contributed by atoms with Gasteiger partial charge in [0.2, 0.25) is 0 Å². The zero-order valence-electron chi connectivity index (χ0n) is 8.40. The minimum absolute atomic E-state index is 0.0291. The summed E-state index contributed by atoms with van der Waals surface area (Å²) in [6.07, 6.45) is 0. The molecule has 0 spiro atoms.